The van der Waals surface area contributed by atoms with Crippen molar-refractivity contribution in [3.8, 4) is 22.8 Å². The molecular weight excluding hydrogens is 370 g/mol. The fraction of sp³-hybridized carbons (Fsp3) is 0.227. The molecule has 0 aliphatic carbocycles. The molecule has 1 heterocycles. The molecular formula is C22H23N3O4. The summed E-state index contributed by atoms with van der Waals surface area (Å²) in [6, 6.07) is 14.9. The first-order chi connectivity index (χ1) is 14.1. The van der Waals surface area contributed by atoms with E-state index in [0.717, 1.165) is 11.1 Å². The van der Waals surface area contributed by atoms with Crippen molar-refractivity contribution >= 4 is 11.8 Å². The minimum absolute atomic E-state index is 0.128. The van der Waals surface area contributed by atoms with Crippen LogP contribution in [0, 0.1) is 6.92 Å². The van der Waals surface area contributed by atoms with E-state index in [2.05, 4.69) is 15.6 Å². The Morgan fingerprint density at radius 1 is 1.07 bits per heavy atom. The quantitative estimate of drug-likeness (QED) is 0.574. The molecule has 0 fully saturated rings. The molecule has 0 aliphatic heterocycles. The molecule has 0 unspecified atom stereocenters. The topological polar surface area (TPSA) is 93.5 Å². The number of oxazole rings is 1. The van der Waals surface area contributed by atoms with E-state index in [-0.39, 0.29) is 18.4 Å². The number of nitrogens with zero attached hydrogens (tertiary/aromatic N) is 1. The highest BCUT2D eigenvalue weighted by Crippen LogP contribution is 2.28. The lowest BCUT2D eigenvalue weighted by Crippen LogP contribution is -2.38. The van der Waals surface area contributed by atoms with Gasteiger partial charge in [-0.25, -0.2) is 4.98 Å². The van der Waals surface area contributed by atoms with E-state index < -0.39 is 0 Å². The van der Waals surface area contributed by atoms with Crippen LogP contribution in [-0.2, 0) is 9.53 Å². The lowest BCUT2D eigenvalue weighted by molar-refractivity contribution is -0.120. The lowest BCUT2D eigenvalue weighted by atomic mass is 10.1. The van der Waals surface area contributed by atoms with Gasteiger partial charge in [0.2, 0.25) is 11.8 Å². The molecule has 3 rings (SSSR count). The zero-order valence-electron chi connectivity index (χ0n) is 16.4. The molecule has 0 atom stereocenters. The fourth-order valence-electron chi connectivity index (χ4n) is 2.73. The van der Waals surface area contributed by atoms with Gasteiger partial charge in [-0.3, -0.25) is 9.59 Å². The number of nitrogens with one attached hydrogen (secondary N) is 2. The number of rotatable bonds is 8. The summed E-state index contributed by atoms with van der Waals surface area (Å²) >= 11 is 0. The number of carbonyl (C=O) groups is 2. The van der Waals surface area contributed by atoms with E-state index in [0.29, 0.717) is 35.9 Å². The van der Waals surface area contributed by atoms with Crippen molar-refractivity contribution in [1.82, 2.24) is 15.6 Å². The Hall–Kier alpha value is -3.45. The maximum absolute atomic E-state index is 12.6. The summed E-state index contributed by atoms with van der Waals surface area (Å²) in [5.41, 5.74) is 3.00. The molecule has 0 aliphatic rings. The number of aromatic nitrogens is 1. The number of methoxy groups -OCH3 is 1. The zero-order chi connectivity index (χ0) is 20.6. The minimum atomic E-state index is -0.377. The molecule has 7 nitrogen and oxygen atoms in total. The fourth-order valence-corrected chi connectivity index (χ4v) is 2.73. The Kier molecular flexibility index (Phi) is 6.76. The van der Waals surface area contributed by atoms with Crippen molar-refractivity contribution in [2.24, 2.45) is 0 Å². The van der Waals surface area contributed by atoms with Crippen molar-refractivity contribution in [3.63, 3.8) is 0 Å². The van der Waals surface area contributed by atoms with Crippen LogP contribution in [0.15, 0.2) is 59.1 Å². The van der Waals surface area contributed by atoms with Crippen LogP contribution in [0.4, 0.5) is 0 Å². The number of ether oxygens (including phenoxy) is 1. The first-order valence-corrected chi connectivity index (χ1v) is 9.24. The highest BCUT2D eigenvalue weighted by atomic mass is 16.5. The van der Waals surface area contributed by atoms with Crippen LogP contribution in [0.3, 0.4) is 0 Å². The van der Waals surface area contributed by atoms with Crippen molar-refractivity contribution in [2.45, 2.75) is 6.92 Å². The molecule has 3 aromatic rings. The first kappa shape index (κ1) is 20.3. The van der Waals surface area contributed by atoms with Crippen molar-refractivity contribution in [2.75, 3.05) is 26.8 Å². The highest BCUT2D eigenvalue weighted by Gasteiger charge is 2.17. The van der Waals surface area contributed by atoms with E-state index in [9.17, 15) is 9.59 Å². The molecule has 2 N–H and O–H groups in total. The summed E-state index contributed by atoms with van der Waals surface area (Å²) in [5.74, 6) is 0.298. The van der Waals surface area contributed by atoms with Gasteiger partial charge in [0.25, 0.3) is 5.91 Å². The number of benzene rings is 2. The van der Waals surface area contributed by atoms with Gasteiger partial charge in [-0.1, -0.05) is 42.0 Å². The zero-order valence-corrected chi connectivity index (χ0v) is 16.4. The predicted octanol–water partition coefficient (Wildman–Crippen LogP) is 2.81. The summed E-state index contributed by atoms with van der Waals surface area (Å²) in [6.45, 7) is 2.69. The molecule has 2 amide bonds. The van der Waals surface area contributed by atoms with E-state index in [1.54, 1.807) is 37.6 Å². The maximum atomic E-state index is 12.6. The van der Waals surface area contributed by atoms with Crippen LogP contribution >= 0.6 is 0 Å². The average Bonchev–Trinajstić information content (AvgIpc) is 3.23. The van der Waals surface area contributed by atoms with Gasteiger partial charge in [-0.2, -0.15) is 0 Å². The van der Waals surface area contributed by atoms with Gasteiger partial charge in [0.05, 0.1) is 24.9 Å². The summed E-state index contributed by atoms with van der Waals surface area (Å²) in [6.07, 6.45) is 1.64. The molecule has 0 saturated carbocycles. The Morgan fingerprint density at radius 3 is 2.59 bits per heavy atom. The van der Waals surface area contributed by atoms with Crippen LogP contribution in [0.5, 0.6) is 0 Å². The summed E-state index contributed by atoms with van der Waals surface area (Å²) in [5, 5.41) is 5.27. The van der Waals surface area contributed by atoms with Gasteiger partial charge in [-0.05, 0) is 19.1 Å². The SMILES string of the molecule is COCCNC(=O)CNC(=O)c1ccccc1-c1ncc(-c2ccc(C)cc2)o1. The third kappa shape index (κ3) is 5.30. The number of amides is 2. The number of hydrogen-bond acceptors (Lipinski definition) is 5. The number of aryl methyl sites for hydroxylation is 1. The third-order valence-corrected chi connectivity index (χ3v) is 4.28. The Morgan fingerprint density at radius 2 is 1.83 bits per heavy atom. The minimum Gasteiger partial charge on any atom is -0.436 e. The average molecular weight is 393 g/mol. The van der Waals surface area contributed by atoms with Crippen LogP contribution in [0.25, 0.3) is 22.8 Å². The monoisotopic (exact) mass is 393 g/mol. The molecule has 29 heavy (non-hydrogen) atoms. The lowest BCUT2D eigenvalue weighted by Gasteiger charge is -2.09. The van der Waals surface area contributed by atoms with Crippen molar-refractivity contribution in [1.29, 1.82) is 0 Å². The standard InChI is InChI=1S/C22H23N3O4/c1-15-7-9-16(10-8-15)19-13-25-22(29-19)18-6-4-3-5-17(18)21(27)24-14-20(26)23-11-12-28-2/h3-10,13H,11-12,14H2,1-2H3,(H,23,26)(H,24,27). The number of carbonyl (C=O) groups excluding carboxylic acids is 2. The van der Waals surface area contributed by atoms with Gasteiger partial charge in [0.15, 0.2) is 5.76 Å². The van der Waals surface area contributed by atoms with Gasteiger partial charge >= 0.3 is 0 Å². The smallest absolute Gasteiger partial charge is 0.252 e. The van der Waals surface area contributed by atoms with Crippen LogP contribution < -0.4 is 10.6 Å². The van der Waals surface area contributed by atoms with Crippen molar-refractivity contribution in [3.05, 3.63) is 65.9 Å². The van der Waals surface area contributed by atoms with Crippen LogP contribution in [0.2, 0.25) is 0 Å². The third-order valence-electron chi connectivity index (χ3n) is 4.28. The van der Waals surface area contributed by atoms with E-state index in [1.165, 1.54) is 0 Å². The molecule has 0 bridgehead atoms. The molecule has 7 heteroatoms. The summed E-state index contributed by atoms with van der Waals surface area (Å²) < 4.78 is 10.8. The van der Waals surface area contributed by atoms with Gasteiger partial charge in [0, 0.05) is 24.8 Å². The Balaban J connectivity index is 1.73. The van der Waals surface area contributed by atoms with Crippen LogP contribution in [0.1, 0.15) is 15.9 Å². The molecule has 0 radical (unpaired) electrons. The van der Waals surface area contributed by atoms with E-state index >= 15 is 0 Å². The number of hydrogen-bond donors (Lipinski definition) is 2. The van der Waals surface area contributed by atoms with Crippen LogP contribution in [-0.4, -0.2) is 43.6 Å². The molecule has 150 valence electrons. The summed E-state index contributed by atoms with van der Waals surface area (Å²) in [4.78, 5) is 28.7. The van der Waals surface area contributed by atoms with Crippen molar-refractivity contribution < 1.29 is 18.7 Å². The van der Waals surface area contributed by atoms with Gasteiger partial charge in [-0.15, -0.1) is 0 Å². The molecule has 0 saturated heterocycles. The normalized spacial score (nSPS) is 10.6. The molecule has 0 spiro atoms. The second-order valence-electron chi connectivity index (χ2n) is 6.47. The second kappa shape index (κ2) is 9.66. The van der Waals surface area contributed by atoms with E-state index in [1.807, 2.05) is 31.2 Å². The largest absolute Gasteiger partial charge is 0.436 e. The highest BCUT2D eigenvalue weighted by molar-refractivity contribution is 6.01. The van der Waals surface area contributed by atoms with Gasteiger partial charge in [0.1, 0.15) is 0 Å². The molecule has 1 aromatic heterocycles. The predicted molar refractivity (Wildman–Crippen MR) is 109 cm³/mol. The first-order valence-electron chi connectivity index (χ1n) is 9.24. The molecule has 2 aromatic carbocycles. The summed E-state index contributed by atoms with van der Waals surface area (Å²) in [7, 11) is 1.55. The van der Waals surface area contributed by atoms with Gasteiger partial charge < -0.3 is 19.8 Å². The maximum Gasteiger partial charge on any atom is 0.252 e. The Bertz CT molecular complexity index is 980. The van der Waals surface area contributed by atoms with E-state index in [4.69, 9.17) is 9.15 Å². The Labute approximate surface area is 169 Å². The second-order valence-corrected chi connectivity index (χ2v) is 6.47.